The monoisotopic (exact) mass is 243 g/mol. The fourth-order valence-electron chi connectivity index (χ4n) is 1.95. The third-order valence-corrected chi connectivity index (χ3v) is 2.65. The lowest BCUT2D eigenvalue weighted by Crippen LogP contribution is -2.40. The predicted octanol–water partition coefficient (Wildman–Crippen LogP) is 1.89. The topological polar surface area (TPSA) is 56.7 Å². The number of hydrogen-bond donors (Lipinski definition) is 3. The molecule has 3 N–H and O–H groups in total. The molecule has 0 aromatic heterocycles. The molecule has 0 fully saturated rings. The minimum absolute atomic E-state index is 0.476. The Hall–Kier alpha value is -0.770. The number of nitrogens with zero attached hydrogens (tertiary/aromatic N) is 1. The third kappa shape index (κ3) is 7.21. The molecule has 0 aliphatic rings. The Morgan fingerprint density at radius 3 is 1.82 bits per heavy atom. The maximum atomic E-state index is 10.4. The Morgan fingerprint density at radius 1 is 1.00 bits per heavy atom. The van der Waals surface area contributed by atoms with Crippen molar-refractivity contribution in [3.8, 4) is 0 Å². The zero-order valence-electron chi connectivity index (χ0n) is 11.8. The molecular weight excluding hydrogens is 214 g/mol. The van der Waals surface area contributed by atoms with Crippen LogP contribution in [0.4, 0.5) is 0 Å². The number of aliphatic imine (C=N–C) groups is 1. The van der Waals surface area contributed by atoms with E-state index >= 15 is 0 Å². The SMILES string of the molecule is CCCC(O)(CCC)CN=C(NCC)NCC. The second kappa shape index (κ2) is 9.28. The molecule has 4 nitrogen and oxygen atoms in total. The second-order valence-corrected chi connectivity index (χ2v) is 4.45. The first-order valence-corrected chi connectivity index (χ1v) is 6.86. The Labute approximate surface area is 106 Å². The van der Waals surface area contributed by atoms with Gasteiger partial charge in [-0.3, -0.25) is 4.99 Å². The van der Waals surface area contributed by atoms with E-state index in [0.717, 1.165) is 44.7 Å². The summed E-state index contributed by atoms with van der Waals surface area (Å²) < 4.78 is 0. The number of rotatable bonds is 8. The minimum atomic E-state index is -0.639. The lowest BCUT2D eigenvalue weighted by molar-refractivity contribution is 0.0306. The fourth-order valence-corrected chi connectivity index (χ4v) is 1.95. The van der Waals surface area contributed by atoms with Crippen molar-refractivity contribution in [2.45, 2.75) is 59.0 Å². The maximum absolute atomic E-state index is 10.4. The van der Waals surface area contributed by atoms with Crippen molar-refractivity contribution in [1.82, 2.24) is 10.6 Å². The van der Waals surface area contributed by atoms with Gasteiger partial charge in [0, 0.05) is 13.1 Å². The molecule has 0 rings (SSSR count). The molecule has 4 heteroatoms. The summed E-state index contributed by atoms with van der Waals surface area (Å²) in [6.45, 7) is 10.4. The van der Waals surface area contributed by atoms with E-state index in [2.05, 4.69) is 29.5 Å². The third-order valence-electron chi connectivity index (χ3n) is 2.65. The van der Waals surface area contributed by atoms with Gasteiger partial charge >= 0.3 is 0 Å². The summed E-state index contributed by atoms with van der Waals surface area (Å²) in [7, 11) is 0. The van der Waals surface area contributed by atoms with E-state index in [0.29, 0.717) is 6.54 Å². The van der Waals surface area contributed by atoms with Crippen LogP contribution >= 0.6 is 0 Å². The van der Waals surface area contributed by atoms with E-state index in [9.17, 15) is 5.11 Å². The molecule has 0 aromatic carbocycles. The van der Waals surface area contributed by atoms with Gasteiger partial charge in [-0.25, -0.2) is 0 Å². The van der Waals surface area contributed by atoms with Gasteiger partial charge in [0.2, 0.25) is 0 Å². The molecule has 0 unspecified atom stereocenters. The van der Waals surface area contributed by atoms with Crippen molar-refractivity contribution in [1.29, 1.82) is 0 Å². The van der Waals surface area contributed by atoms with Crippen LogP contribution in [-0.2, 0) is 0 Å². The second-order valence-electron chi connectivity index (χ2n) is 4.45. The molecule has 0 heterocycles. The zero-order valence-corrected chi connectivity index (χ0v) is 11.8. The van der Waals surface area contributed by atoms with Gasteiger partial charge in [0.15, 0.2) is 5.96 Å². The van der Waals surface area contributed by atoms with Gasteiger partial charge in [-0.1, -0.05) is 26.7 Å². The van der Waals surface area contributed by atoms with E-state index in [1.807, 2.05) is 13.8 Å². The molecule has 0 aliphatic carbocycles. The molecule has 0 aliphatic heterocycles. The average molecular weight is 243 g/mol. The van der Waals surface area contributed by atoms with Crippen LogP contribution in [0.25, 0.3) is 0 Å². The Morgan fingerprint density at radius 2 is 1.47 bits per heavy atom. The van der Waals surface area contributed by atoms with Crippen LogP contribution in [0.3, 0.4) is 0 Å². The molecule has 102 valence electrons. The van der Waals surface area contributed by atoms with Crippen molar-refractivity contribution in [2.75, 3.05) is 19.6 Å². The van der Waals surface area contributed by atoms with Crippen LogP contribution in [-0.4, -0.2) is 36.3 Å². The van der Waals surface area contributed by atoms with Crippen LogP contribution in [0.5, 0.6) is 0 Å². The lowest BCUT2D eigenvalue weighted by Gasteiger charge is -2.26. The van der Waals surface area contributed by atoms with E-state index < -0.39 is 5.60 Å². The highest BCUT2D eigenvalue weighted by molar-refractivity contribution is 5.79. The number of guanidine groups is 1. The highest BCUT2D eigenvalue weighted by Gasteiger charge is 2.24. The lowest BCUT2D eigenvalue weighted by atomic mass is 9.93. The largest absolute Gasteiger partial charge is 0.388 e. The Kier molecular flexibility index (Phi) is 8.86. The normalized spacial score (nSPS) is 11.1. The first kappa shape index (κ1) is 16.2. The molecule has 0 radical (unpaired) electrons. The summed E-state index contributed by atoms with van der Waals surface area (Å²) in [4.78, 5) is 4.46. The number of nitrogens with one attached hydrogen (secondary N) is 2. The van der Waals surface area contributed by atoms with Gasteiger partial charge in [-0.15, -0.1) is 0 Å². The van der Waals surface area contributed by atoms with E-state index in [-0.39, 0.29) is 0 Å². The molecule has 0 bridgehead atoms. The molecule has 17 heavy (non-hydrogen) atoms. The molecule has 0 saturated carbocycles. The summed E-state index contributed by atoms with van der Waals surface area (Å²) in [6.07, 6.45) is 3.61. The van der Waals surface area contributed by atoms with Gasteiger partial charge in [0.25, 0.3) is 0 Å². The Bertz CT molecular complexity index is 203. The highest BCUT2D eigenvalue weighted by atomic mass is 16.3. The minimum Gasteiger partial charge on any atom is -0.388 e. The molecule has 0 atom stereocenters. The van der Waals surface area contributed by atoms with Crippen LogP contribution in [0.2, 0.25) is 0 Å². The van der Waals surface area contributed by atoms with Gasteiger partial charge in [0.05, 0.1) is 12.1 Å². The Balaban J connectivity index is 4.44. The van der Waals surface area contributed by atoms with Crippen LogP contribution < -0.4 is 10.6 Å². The maximum Gasteiger partial charge on any atom is 0.191 e. The molecule has 0 amide bonds. The van der Waals surface area contributed by atoms with Crippen molar-refractivity contribution in [2.24, 2.45) is 4.99 Å². The summed E-state index contributed by atoms with van der Waals surface area (Å²) in [5, 5.41) is 16.8. The molecule has 0 saturated heterocycles. The quantitative estimate of drug-likeness (QED) is 0.451. The van der Waals surface area contributed by atoms with Gasteiger partial charge < -0.3 is 15.7 Å². The number of aliphatic hydroxyl groups is 1. The van der Waals surface area contributed by atoms with Gasteiger partial charge in [0.1, 0.15) is 0 Å². The summed E-state index contributed by atoms with van der Waals surface area (Å²) >= 11 is 0. The molecular formula is C13H29N3O. The zero-order chi connectivity index (χ0) is 13.1. The van der Waals surface area contributed by atoms with E-state index in [4.69, 9.17) is 0 Å². The first-order valence-electron chi connectivity index (χ1n) is 6.86. The van der Waals surface area contributed by atoms with E-state index in [1.54, 1.807) is 0 Å². The van der Waals surface area contributed by atoms with Crippen LogP contribution in [0.1, 0.15) is 53.4 Å². The summed E-state index contributed by atoms with van der Waals surface area (Å²) in [6, 6.07) is 0. The smallest absolute Gasteiger partial charge is 0.191 e. The number of hydrogen-bond acceptors (Lipinski definition) is 2. The highest BCUT2D eigenvalue weighted by Crippen LogP contribution is 2.19. The van der Waals surface area contributed by atoms with Crippen molar-refractivity contribution in [3.63, 3.8) is 0 Å². The van der Waals surface area contributed by atoms with E-state index in [1.165, 1.54) is 0 Å². The van der Waals surface area contributed by atoms with Crippen LogP contribution in [0.15, 0.2) is 4.99 Å². The van der Waals surface area contributed by atoms with Gasteiger partial charge in [-0.05, 0) is 26.7 Å². The summed E-state index contributed by atoms with van der Waals surface area (Å²) in [5.74, 6) is 0.792. The first-order chi connectivity index (χ1) is 8.11. The average Bonchev–Trinajstić information content (AvgIpc) is 2.27. The summed E-state index contributed by atoms with van der Waals surface area (Å²) in [5.41, 5.74) is -0.639. The molecule has 0 aromatic rings. The van der Waals surface area contributed by atoms with Crippen molar-refractivity contribution >= 4 is 5.96 Å². The van der Waals surface area contributed by atoms with Crippen LogP contribution in [0, 0.1) is 0 Å². The predicted molar refractivity (Wildman–Crippen MR) is 74.4 cm³/mol. The van der Waals surface area contributed by atoms with Crippen molar-refractivity contribution in [3.05, 3.63) is 0 Å². The van der Waals surface area contributed by atoms with Gasteiger partial charge in [-0.2, -0.15) is 0 Å². The molecule has 0 spiro atoms. The van der Waals surface area contributed by atoms with Crippen molar-refractivity contribution < 1.29 is 5.11 Å². The fraction of sp³-hybridized carbons (Fsp3) is 0.923. The standard InChI is InChI=1S/C13H29N3O/c1-5-9-13(17,10-6-2)11-16-12(14-7-3)15-8-4/h17H,5-11H2,1-4H3,(H2,14,15,16).